The highest BCUT2D eigenvalue weighted by atomic mass is 127. The van der Waals surface area contributed by atoms with Gasteiger partial charge in [-0.1, -0.05) is 12.1 Å². The summed E-state index contributed by atoms with van der Waals surface area (Å²) in [7, 11) is 0. The molecule has 19 heavy (non-hydrogen) atoms. The van der Waals surface area contributed by atoms with E-state index in [9.17, 15) is 13.2 Å². The molecule has 0 fully saturated rings. The van der Waals surface area contributed by atoms with Gasteiger partial charge < -0.3 is 9.47 Å². The number of hydrogen-bond acceptors (Lipinski definition) is 4. The second-order valence-electron chi connectivity index (χ2n) is 3.27. The highest BCUT2D eigenvalue weighted by molar-refractivity contribution is 14.1. The highest BCUT2D eigenvalue weighted by Crippen LogP contribution is 2.35. The summed E-state index contributed by atoms with van der Waals surface area (Å²) in [6.07, 6.45) is -2.06. The van der Waals surface area contributed by atoms with Crippen molar-refractivity contribution >= 4 is 22.6 Å². The number of halogens is 4. The quantitative estimate of drug-likeness (QED) is 0.759. The first-order valence-electron chi connectivity index (χ1n) is 4.94. The number of ether oxygens (including phenoxy) is 2. The maximum absolute atomic E-state index is 12.2. The molecule has 0 atom stereocenters. The second kappa shape index (κ2) is 5.59. The van der Waals surface area contributed by atoms with E-state index in [-0.39, 0.29) is 11.6 Å². The molecule has 0 aliphatic rings. The van der Waals surface area contributed by atoms with Gasteiger partial charge in [0.1, 0.15) is 6.33 Å². The molecular formula is C11H6F3IN2O2. The summed E-state index contributed by atoms with van der Waals surface area (Å²) in [6.45, 7) is 0. The lowest BCUT2D eigenvalue weighted by Crippen LogP contribution is -2.17. The largest absolute Gasteiger partial charge is 0.573 e. The van der Waals surface area contributed by atoms with Crippen LogP contribution in [-0.2, 0) is 0 Å². The minimum Gasteiger partial charge on any atom is -0.434 e. The first kappa shape index (κ1) is 13.8. The molecule has 0 N–H and O–H groups in total. The molecule has 4 nitrogen and oxygen atoms in total. The van der Waals surface area contributed by atoms with Gasteiger partial charge in [-0.15, -0.1) is 13.2 Å². The summed E-state index contributed by atoms with van der Waals surface area (Å²) < 4.78 is 46.5. The van der Waals surface area contributed by atoms with E-state index in [1.807, 2.05) is 22.6 Å². The molecule has 0 aliphatic heterocycles. The van der Waals surface area contributed by atoms with Crippen LogP contribution in [0.4, 0.5) is 13.2 Å². The molecule has 0 bridgehead atoms. The summed E-state index contributed by atoms with van der Waals surface area (Å²) in [4.78, 5) is 7.59. The second-order valence-corrected chi connectivity index (χ2v) is 4.43. The van der Waals surface area contributed by atoms with Crippen LogP contribution >= 0.6 is 22.6 Å². The van der Waals surface area contributed by atoms with Crippen LogP contribution in [0.2, 0.25) is 0 Å². The maximum atomic E-state index is 12.2. The Morgan fingerprint density at radius 3 is 2.42 bits per heavy atom. The third-order valence-electron chi connectivity index (χ3n) is 1.92. The molecule has 2 aromatic rings. The van der Waals surface area contributed by atoms with E-state index in [0.29, 0.717) is 3.57 Å². The normalized spacial score (nSPS) is 11.2. The number of hydrogen-bond donors (Lipinski definition) is 0. The van der Waals surface area contributed by atoms with E-state index in [0.717, 1.165) is 6.07 Å². The molecule has 0 radical (unpaired) electrons. The van der Waals surface area contributed by atoms with Crippen molar-refractivity contribution in [3.63, 3.8) is 0 Å². The zero-order chi connectivity index (χ0) is 13.9. The van der Waals surface area contributed by atoms with Gasteiger partial charge >= 0.3 is 6.36 Å². The Bertz CT molecular complexity index is 578. The molecule has 2 rings (SSSR count). The molecule has 0 spiro atoms. The zero-order valence-corrected chi connectivity index (χ0v) is 11.3. The lowest BCUT2D eigenvalue weighted by molar-refractivity contribution is -0.275. The van der Waals surface area contributed by atoms with Gasteiger partial charge in [0.05, 0.1) is 3.57 Å². The molecule has 1 aromatic carbocycles. The highest BCUT2D eigenvalue weighted by Gasteiger charge is 2.32. The molecule has 1 heterocycles. The number of benzene rings is 1. The Balaban J connectivity index is 2.28. The van der Waals surface area contributed by atoms with Crippen LogP contribution in [0.1, 0.15) is 0 Å². The topological polar surface area (TPSA) is 44.2 Å². The third-order valence-corrected chi connectivity index (χ3v) is 2.66. The van der Waals surface area contributed by atoms with E-state index in [4.69, 9.17) is 4.74 Å². The van der Waals surface area contributed by atoms with Gasteiger partial charge in [0.2, 0.25) is 5.88 Å². The van der Waals surface area contributed by atoms with Gasteiger partial charge in [-0.2, -0.15) is 0 Å². The van der Waals surface area contributed by atoms with Crippen molar-refractivity contribution in [2.45, 2.75) is 6.36 Å². The predicted octanol–water partition coefficient (Wildman–Crippen LogP) is 3.77. The smallest absolute Gasteiger partial charge is 0.434 e. The Hall–Kier alpha value is -1.58. The van der Waals surface area contributed by atoms with Gasteiger partial charge in [0, 0.05) is 6.20 Å². The monoisotopic (exact) mass is 382 g/mol. The van der Waals surface area contributed by atoms with E-state index < -0.39 is 12.1 Å². The van der Waals surface area contributed by atoms with Gasteiger partial charge in [0.15, 0.2) is 11.5 Å². The van der Waals surface area contributed by atoms with Crippen LogP contribution in [0, 0.1) is 3.57 Å². The average Bonchev–Trinajstić information content (AvgIpc) is 2.33. The summed E-state index contributed by atoms with van der Waals surface area (Å²) in [6, 6.07) is 5.47. The fourth-order valence-electron chi connectivity index (χ4n) is 1.22. The minimum absolute atomic E-state index is 0.0727. The van der Waals surface area contributed by atoms with Gasteiger partial charge in [-0.05, 0) is 34.7 Å². The standard InChI is InChI=1S/C11H6F3IN2O2/c12-11(13,14)19-9-4-2-1-3-8(9)18-10-7(15)5-16-6-17-10/h1-6H. The van der Waals surface area contributed by atoms with Crippen molar-refractivity contribution in [3.8, 4) is 17.4 Å². The van der Waals surface area contributed by atoms with Crippen molar-refractivity contribution in [2.24, 2.45) is 0 Å². The fourth-order valence-corrected chi connectivity index (χ4v) is 1.63. The molecule has 100 valence electrons. The Morgan fingerprint density at radius 1 is 1.11 bits per heavy atom. The Morgan fingerprint density at radius 2 is 1.79 bits per heavy atom. The predicted molar refractivity (Wildman–Crippen MR) is 67.9 cm³/mol. The number of aromatic nitrogens is 2. The van der Waals surface area contributed by atoms with Crippen molar-refractivity contribution in [3.05, 3.63) is 40.4 Å². The summed E-state index contributed by atoms with van der Waals surface area (Å²) >= 11 is 1.91. The van der Waals surface area contributed by atoms with Crippen LogP contribution in [-0.4, -0.2) is 16.3 Å². The Kier molecular flexibility index (Phi) is 4.08. The van der Waals surface area contributed by atoms with Crippen LogP contribution in [0.5, 0.6) is 17.4 Å². The lowest BCUT2D eigenvalue weighted by Gasteiger charge is -2.13. The summed E-state index contributed by atoms with van der Waals surface area (Å²) in [5.74, 6) is -0.338. The van der Waals surface area contributed by atoms with E-state index >= 15 is 0 Å². The van der Waals surface area contributed by atoms with Gasteiger partial charge in [-0.25, -0.2) is 9.97 Å². The van der Waals surface area contributed by atoms with Crippen molar-refractivity contribution in [1.29, 1.82) is 0 Å². The average molecular weight is 382 g/mol. The number of nitrogens with zero attached hydrogens (tertiary/aromatic N) is 2. The first-order valence-corrected chi connectivity index (χ1v) is 6.02. The molecule has 0 saturated carbocycles. The van der Waals surface area contributed by atoms with Crippen molar-refractivity contribution in [1.82, 2.24) is 9.97 Å². The van der Waals surface area contributed by atoms with E-state index in [1.54, 1.807) is 0 Å². The minimum atomic E-state index is -4.78. The number of alkyl halides is 3. The van der Waals surface area contributed by atoms with Crippen molar-refractivity contribution < 1.29 is 22.6 Å². The van der Waals surface area contributed by atoms with Crippen LogP contribution in [0.25, 0.3) is 0 Å². The zero-order valence-electron chi connectivity index (χ0n) is 9.19. The molecule has 0 amide bonds. The van der Waals surface area contributed by atoms with Crippen LogP contribution in [0.3, 0.4) is 0 Å². The van der Waals surface area contributed by atoms with Crippen LogP contribution in [0.15, 0.2) is 36.8 Å². The summed E-state index contributed by atoms with van der Waals surface area (Å²) in [5, 5.41) is 0. The molecule has 1 aromatic heterocycles. The third kappa shape index (κ3) is 3.94. The first-order chi connectivity index (χ1) is 8.96. The van der Waals surface area contributed by atoms with Gasteiger partial charge in [0.25, 0.3) is 0 Å². The van der Waals surface area contributed by atoms with Crippen LogP contribution < -0.4 is 9.47 Å². The summed E-state index contributed by atoms with van der Waals surface area (Å²) in [5.41, 5.74) is 0. The van der Waals surface area contributed by atoms with E-state index in [1.165, 1.54) is 30.7 Å². The fraction of sp³-hybridized carbons (Fsp3) is 0.0909. The Labute approximate surface area is 119 Å². The SMILES string of the molecule is FC(F)(F)Oc1ccccc1Oc1ncncc1I. The number of rotatable bonds is 3. The molecular weight excluding hydrogens is 376 g/mol. The molecule has 0 saturated heterocycles. The van der Waals surface area contributed by atoms with E-state index in [2.05, 4.69) is 14.7 Å². The molecule has 0 aliphatic carbocycles. The van der Waals surface area contributed by atoms with Crippen molar-refractivity contribution in [2.75, 3.05) is 0 Å². The number of para-hydroxylation sites is 2. The molecule has 0 unspecified atom stereocenters. The maximum Gasteiger partial charge on any atom is 0.573 e. The molecule has 8 heteroatoms. The lowest BCUT2D eigenvalue weighted by atomic mass is 10.3. The van der Waals surface area contributed by atoms with Gasteiger partial charge in [-0.3, -0.25) is 0 Å².